The third kappa shape index (κ3) is 3.75. The van der Waals surface area contributed by atoms with Gasteiger partial charge in [-0.1, -0.05) is 43.2 Å². The van der Waals surface area contributed by atoms with Crippen LogP contribution in [0, 0.1) is 0 Å². The van der Waals surface area contributed by atoms with Crippen LogP contribution in [0.2, 0.25) is 0 Å². The Bertz CT molecular complexity index is 667. The number of pyridine rings is 1. The summed E-state index contributed by atoms with van der Waals surface area (Å²) in [6, 6.07) is 14.9. The van der Waals surface area contributed by atoms with Crippen LogP contribution < -0.4 is 5.32 Å². The Morgan fingerprint density at radius 1 is 1.08 bits per heavy atom. The molecule has 1 aromatic carbocycles. The van der Waals surface area contributed by atoms with E-state index in [-0.39, 0.29) is 5.91 Å². The van der Waals surface area contributed by atoms with Crippen molar-refractivity contribution in [2.24, 2.45) is 0 Å². The monoisotopic (exact) mass is 323 g/mol. The molecule has 126 valence electrons. The van der Waals surface area contributed by atoms with Crippen LogP contribution in [0.1, 0.15) is 47.5 Å². The second-order valence-electron chi connectivity index (χ2n) is 6.68. The lowest BCUT2D eigenvalue weighted by molar-refractivity contribution is 0.0827. The molecule has 4 heteroatoms. The number of anilines is 1. The van der Waals surface area contributed by atoms with E-state index in [0.29, 0.717) is 17.5 Å². The van der Waals surface area contributed by atoms with Crippen molar-refractivity contribution in [3.8, 4) is 0 Å². The number of amides is 1. The molecule has 24 heavy (non-hydrogen) atoms. The van der Waals surface area contributed by atoms with Crippen molar-refractivity contribution in [3.05, 3.63) is 59.8 Å². The highest BCUT2D eigenvalue weighted by molar-refractivity contribution is 5.93. The molecular formula is C20H25N3O. The molecule has 0 spiro atoms. The first kappa shape index (κ1) is 16.5. The molecule has 0 aliphatic heterocycles. The van der Waals surface area contributed by atoms with Gasteiger partial charge in [-0.2, -0.15) is 0 Å². The zero-order valence-corrected chi connectivity index (χ0v) is 14.4. The van der Waals surface area contributed by atoms with E-state index in [0.717, 1.165) is 12.2 Å². The van der Waals surface area contributed by atoms with Crippen molar-refractivity contribution in [2.45, 2.75) is 37.6 Å². The fourth-order valence-electron chi connectivity index (χ4n) is 3.46. The largest absolute Gasteiger partial charge is 0.367 e. The highest BCUT2D eigenvalue weighted by Gasteiger charge is 2.26. The lowest BCUT2D eigenvalue weighted by Crippen LogP contribution is -2.31. The van der Waals surface area contributed by atoms with Crippen LogP contribution in [0.5, 0.6) is 0 Å². The van der Waals surface area contributed by atoms with Gasteiger partial charge in [0, 0.05) is 32.3 Å². The van der Waals surface area contributed by atoms with Gasteiger partial charge in [-0.05, 0) is 30.5 Å². The quantitative estimate of drug-likeness (QED) is 0.927. The van der Waals surface area contributed by atoms with Crippen LogP contribution in [0.25, 0.3) is 0 Å². The average molecular weight is 323 g/mol. The van der Waals surface area contributed by atoms with Crippen LogP contribution in [0.4, 0.5) is 5.82 Å². The number of benzene rings is 1. The molecule has 1 aliphatic rings. The van der Waals surface area contributed by atoms with Crippen LogP contribution >= 0.6 is 0 Å². The van der Waals surface area contributed by atoms with E-state index < -0.39 is 0 Å². The first-order valence-electron chi connectivity index (χ1n) is 8.64. The maximum absolute atomic E-state index is 11.9. The maximum Gasteiger partial charge on any atom is 0.254 e. The highest BCUT2D eigenvalue weighted by Crippen LogP contribution is 2.34. The standard InChI is InChI=1S/C20H25N3O/c1-23(2)20(24)16-12-13-19(21-14-16)22-18-11-7-6-10-17(18)15-8-4-3-5-9-15/h3-5,8-9,12-14,17-18H,6-7,10-11H2,1-2H3,(H,21,22)/t17-,18+/m0/s1. The van der Waals surface area contributed by atoms with Gasteiger partial charge in [-0.25, -0.2) is 4.98 Å². The van der Waals surface area contributed by atoms with E-state index in [4.69, 9.17) is 0 Å². The summed E-state index contributed by atoms with van der Waals surface area (Å²) < 4.78 is 0. The molecule has 0 bridgehead atoms. The van der Waals surface area contributed by atoms with Crippen molar-refractivity contribution in [1.29, 1.82) is 0 Å². The summed E-state index contributed by atoms with van der Waals surface area (Å²) in [4.78, 5) is 18.0. The van der Waals surface area contributed by atoms with E-state index in [1.54, 1.807) is 25.2 Å². The van der Waals surface area contributed by atoms with Crippen LogP contribution in [0.3, 0.4) is 0 Å². The summed E-state index contributed by atoms with van der Waals surface area (Å²) in [6.45, 7) is 0. The van der Waals surface area contributed by atoms with E-state index in [1.807, 2.05) is 12.1 Å². The summed E-state index contributed by atoms with van der Waals surface area (Å²) in [5.41, 5.74) is 2.02. The molecule has 1 amide bonds. The van der Waals surface area contributed by atoms with Gasteiger partial charge in [0.2, 0.25) is 0 Å². The number of hydrogen-bond acceptors (Lipinski definition) is 3. The Kier molecular flexibility index (Phi) is 5.14. The topological polar surface area (TPSA) is 45.2 Å². The molecule has 0 unspecified atom stereocenters. The van der Waals surface area contributed by atoms with E-state index in [2.05, 4.69) is 40.6 Å². The molecule has 1 fully saturated rings. The summed E-state index contributed by atoms with van der Waals surface area (Å²) in [5.74, 6) is 1.34. The molecule has 1 heterocycles. The van der Waals surface area contributed by atoms with Gasteiger partial charge in [-0.15, -0.1) is 0 Å². The molecule has 1 aromatic heterocycles. The zero-order chi connectivity index (χ0) is 16.9. The van der Waals surface area contributed by atoms with Crippen LogP contribution in [0.15, 0.2) is 48.7 Å². The molecule has 1 aliphatic carbocycles. The molecule has 1 N–H and O–H groups in total. The number of carbonyl (C=O) groups excluding carboxylic acids is 1. The molecule has 0 radical (unpaired) electrons. The van der Waals surface area contributed by atoms with Gasteiger partial charge in [-0.3, -0.25) is 4.79 Å². The number of nitrogens with one attached hydrogen (secondary N) is 1. The molecule has 0 saturated heterocycles. The molecule has 3 rings (SSSR count). The number of aromatic nitrogens is 1. The van der Waals surface area contributed by atoms with E-state index in [9.17, 15) is 4.79 Å². The van der Waals surface area contributed by atoms with E-state index in [1.165, 1.54) is 24.8 Å². The highest BCUT2D eigenvalue weighted by atomic mass is 16.2. The Hall–Kier alpha value is -2.36. The zero-order valence-electron chi connectivity index (χ0n) is 14.4. The Morgan fingerprint density at radius 2 is 1.83 bits per heavy atom. The second kappa shape index (κ2) is 7.47. The lowest BCUT2D eigenvalue weighted by atomic mass is 9.80. The van der Waals surface area contributed by atoms with Gasteiger partial charge in [0.1, 0.15) is 5.82 Å². The Labute approximate surface area is 143 Å². The first-order chi connectivity index (χ1) is 11.6. The van der Waals surface area contributed by atoms with Crippen molar-refractivity contribution in [2.75, 3.05) is 19.4 Å². The van der Waals surface area contributed by atoms with Gasteiger partial charge in [0.05, 0.1) is 5.56 Å². The average Bonchev–Trinajstić information content (AvgIpc) is 2.63. The third-order valence-electron chi connectivity index (χ3n) is 4.74. The minimum Gasteiger partial charge on any atom is -0.367 e. The summed E-state index contributed by atoms with van der Waals surface area (Å²) in [6.07, 6.45) is 6.54. The molecule has 2 aromatic rings. The predicted molar refractivity (Wildman–Crippen MR) is 97.3 cm³/mol. The van der Waals surface area contributed by atoms with Gasteiger partial charge < -0.3 is 10.2 Å². The lowest BCUT2D eigenvalue weighted by Gasteiger charge is -2.33. The van der Waals surface area contributed by atoms with Gasteiger partial charge in [0.25, 0.3) is 5.91 Å². The van der Waals surface area contributed by atoms with Crippen LogP contribution in [-0.4, -0.2) is 35.9 Å². The Morgan fingerprint density at radius 3 is 2.50 bits per heavy atom. The maximum atomic E-state index is 11.9. The smallest absolute Gasteiger partial charge is 0.254 e. The number of hydrogen-bond donors (Lipinski definition) is 1. The van der Waals surface area contributed by atoms with E-state index >= 15 is 0 Å². The van der Waals surface area contributed by atoms with Crippen molar-refractivity contribution >= 4 is 11.7 Å². The number of carbonyl (C=O) groups is 1. The third-order valence-corrected chi connectivity index (χ3v) is 4.74. The van der Waals surface area contributed by atoms with Crippen LogP contribution in [-0.2, 0) is 0 Å². The summed E-state index contributed by atoms with van der Waals surface area (Å²) in [7, 11) is 3.50. The Balaban J connectivity index is 1.72. The van der Waals surface area contributed by atoms with Gasteiger partial charge in [0.15, 0.2) is 0 Å². The van der Waals surface area contributed by atoms with Gasteiger partial charge >= 0.3 is 0 Å². The first-order valence-corrected chi connectivity index (χ1v) is 8.64. The molecular weight excluding hydrogens is 298 g/mol. The van der Waals surface area contributed by atoms with Crippen molar-refractivity contribution in [3.63, 3.8) is 0 Å². The number of rotatable bonds is 4. The number of nitrogens with zero attached hydrogens (tertiary/aromatic N) is 2. The summed E-state index contributed by atoms with van der Waals surface area (Å²) in [5, 5.41) is 3.59. The van der Waals surface area contributed by atoms with Crippen molar-refractivity contribution in [1.82, 2.24) is 9.88 Å². The molecule has 1 saturated carbocycles. The normalized spacial score (nSPS) is 20.4. The minimum atomic E-state index is -0.0196. The SMILES string of the molecule is CN(C)C(=O)c1ccc(N[C@@H]2CCCC[C@H]2c2ccccc2)nc1. The minimum absolute atomic E-state index is 0.0196. The fraction of sp³-hybridized carbons (Fsp3) is 0.400. The summed E-state index contributed by atoms with van der Waals surface area (Å²) >= 11 is 0. The fourth-order valence-corrected chi connectivity index (χ4v) is 3.46. The van der Waals surface area contributed by atoms with Crippen molar-refractivity contribution < 1.29 is 4.79 Å². The molecule has 2 atom stereocenters. The molecule has 4 nitrogen and oxygen atoms in total. The predicted octanol–water partition coefficient (Wildman–Crippen LogP) is 3.92. The second-order valence-corrected chi connectivity index (χ2v) is 6.68.